The van der Waals surface area contributed by atoms with E-state index in [9.17, 15) is 14.7 Å². The summed E-state index contributed by atoms with van der Waals surface area (Å²) in [6, 6.07) is 0.965. The average Bonchev–Trinajstić information content (AvgIpc) is 2.34. The third-order valence-corrected chi connectivity index (χ3v) is 5.64. The third-order valence-electron chi connectivity index (χ3n) is 5.64. The molecule has 2 atom stereocenters. The van der Waals surface area contributed by atoms with Gasteiger partial charge in [-0.25, -0.2) is 9.59 Å². The Morgan fingerprint density at radius 2 is 1.76 bits per heavy atom. The zero-order chi connectivity index (χ0) is 15.0. The maximum Gasteiger partial charge on any atom is 0.329 e. The molecule has 3 aliphatic rings. The van der Waals surface area contributed by atoms with Crippen LogP contribution in [0.4, 0.5) is 4.79 Å². The van der Waals surface area contributed by atoms with Crippen LogP contribution >= 0.6 is 0 Å². The number of aliphatic carboxylic acids is 1. The van der Waals surface area contributed by atoms with Crippen molar-refractivity contribution in [3.05, 3.63) is 0 Å². The van der Waals surface area contributed by atoms with Crippen LogP contribution in [-0.4, -0.2) is 52.7 Å². The first-order chi connectivity index (χ1) is 10.00. The van der Waals surface area contributed by atoms with Crippen molar-refractivity contribution >= 4 is 12.0 Å². The van der Waals surface area contributed by atoms with Crippen LogP contribution < -0.4 is 10.6 Å². The molecule has 0 aromatic rings. The largest absolute Gasteiger partial charge is 0.480 e. The minimum atomic E-state index is -1.02. The maximum atomic E-state index is 12.1. The fourth-order valence-corrected chi connectivity index (χ4v) is 4.10. The Hall–Kier alpha value is -1.30. The van der Waals surface area contributed by atoms with Gasteiger partial charge < -0.3 is 20.6 Å². The van der Waals surface area contributed by atoms with Gasteiger partial charge in [0, 0.05) is 18.1 Å². The first kappa shape index (κ1) is 14.6. The Kier molecular flexibility index (Phi) is 3.82. The normalized spacial score (nSPS) is 34.6. The maximum absolute atomic E-state index is 12.1. The van der Waals surface area contributed by atoms with Gasteiger partial charge >= 0.3 is 12.0 Å². The summed E-state index contributed by atoms with van der Waals surface area (Å²) in [6.45, 7) is 0. The first-order valence-corrected chi connectivity index (χ1v) is 8.04. The van der Waals surface area contributed by atoms with Crippen LogP contribution in [0.3, 0.4) is 0 Å². The van der Waals surface area contributed by atoms with Crippen molar-refractivity contribution in [2.75, 3.05) is 7.05 Å². The summed E-state index contributed by atoms with van der Waals surface area (Å²) in [5.74, 6) is -0.913. The van der Waals surface area contributed by atoms with Crippen molar-refractivity contribution in [2.45, 2.75) is 75.0 Å². The van der Waals surface area contributed by atoms with Gasteiger partial charge in [-0.3, -0.25) is 0 Å². The van der Waals surface area contributed by atoms with E-state index in [0.717, 1.165) is 19.3 Å². The number of nitrogens with zero attached hydrogens (tertiary/aromatic N) is 1. The number of piperidine rings is 2. The molecule has 0 radical (unpaired) electrons. The molecule has 6 nitrogen and oxygen atoms in total. The molecule has 2 heterocycles. The van der Waals surface area contributed by atoms with Crippen LogP contribution in [0.15, 0.2) is 0 Å². The highest BCUT2D eigenvalue weighted by Gasteiger charge is 2.46. The molecule has 2 amide bonds. The van der Waals surface area contributed by atoms with Crippen molar-refractivity contribution in [2.24, 2.45) is 0 Å². The molecule has 0 aromatic heterocycles. The summed E-state index contributed by atoms with van der Waals surface area (Å²) in [5.41, 5.74) is -1.02. The molecule has 2 saturated heterocycles. The molecule has 118 valence electrons. The van der Waals surface area contributed by atoms with E-state index in [1.165, 1.54) is 19.3 Å². The van der Waals surface area contributed by atoms with E-state index in [1.807, 2.05) is 0 Å². The Balaban J connectivity index is 1.55. The molecule has 21 heavy (non-hydrogen) atoms. The van der Waals surface area contributed by atoms with E-state index in [2.05, 4.69) is 22.6 Å². The van der Waals surface area contributed by atoms with E-state index in [-0.39, 0.29) is 12.1 Å². The second-order valence-corrected chi connectivity index (χ2v) is 6.91. The lowest BCUT2D eigenvalue weighted by Gasteiger charge is -2.47. The predicted molar refractivity (Wildman–Crippen MR) is 78.1 cm³/mol. The van der Waals surface area contributed by atoms with Crippen molar-refractivity contribution in [3.63, 3.8) is 0 Å². The second-order valence-electron chi connectivity index (χ2n) is 6.91. The molecule has 1 aliphatic carbocycles. The lowest BCUT2D eigenvalue weighted by molar-refractivity contribution is -0.148. The monoisotopic (exact) mass is 295 g/mol. The number of fused-ring (bicyclic) bond motifs is 2. The summed E-state index contributed by atoms with van der Waals surface area (Å²) in [6.07, 6.45) is 7.56. The lowest BCUT2D eigenvalue weighted by atomic mass is 9.77. The summed E-state index contributed by atoms with van der Waals surface area (Å²) >= 11 is 0. The summed E-state index contributed by atoms with van der Waals surface area (Å²) in [7, 11) is 2.18. The van der Waals surface area contributed by atoms with Gasteiger partial charge in [0.1, 0.15) is 5.54 Å². The fraction of sp³-hybridized carbons (Fsp3) is 0.867. The smallest absolute Gasteiger partial charge is 0.329 e. The highest BCUT2D eigenvalue weighted by atomic mass is 16.4. The number of hydrogen-bond donors (Lipinski definition) is 3. The highest BCUT2D eigenvalue weighted by Crippen LogP contribution is 2.33. The number of urea groups is 1. The van der Waals surface area contributed by atoms with Crippen molar-refractivity contribution in [1.29, 1.82) is 0 Å². The Bertz CT molecular complexity index is 422. The van der Waals surface area contributed by atoms with Crippen LogP contribution in [-0.2, 0) is 4.79 Å². The summed E-state index contributed by atoms with van der Waals surface area (Å²) < 4.78 is 0. The minimum absolute atomic E-state index is 0.169. The molecule has 2 unspecified atom stereocenters. The number of carboxylic acids is 1. The van der Waals surface area contributed by atoms with Gasteiger partial charge in [-0.15, -0.1) is 0 Å². The van der Waals surface area contributed by atoms with Gasteiger partial charge in [-0.05, 0) is 52.0 Å². The van der Waals surface area contributed by atoms with Crippen LogP contribution in [0, 0.1) is 0 Å². The molecule has 2 aliphatic heterocycles. The molecule has 3 N–H and O–H groups in total. The van der Waals surface area contributed by atoms with Crippen molar-refractivity contribution < 1.29 is 14.7 Å². The van der Waals surface area contributed by atoms with Crippen LogP contribution in [0.1, 0.15) is 51.4 Å². The average molecular weight is 295 g/mol. The molecule has 0 spiro atoms. The predicted octanol–water partition coefficient (Wildman–Crippen LogP) is 1.31. The fourth-order valence-electron chi connectivity index (χ4n) is 4.10. The minimum Gasteiger partial charge on any atom is -0.480 e. The Morgan fingerprint density at radius 3 is 2.24 bits per heavy atom. The van der Waals surface area contributed by atoms with Crippen molar-refractivity contribution in [1.82, 2.24) is 15.5 Å². The van der Waals surface area contributed by atoms with Crippen molar-refractivity contribution in [3.8, 4) is 0 Å². The van der Waals surface area contributed by atoms with E-state index in [1.54, 1.807) is 0 Å². The summed E-state index contributed by atoms with van der Waals surface area (Å²) in [4.78, 5) is 25.9. The number of carbonyl (C=O) groups is 2. The molecule has 6 heteroatoms. The van der Waals surface area contributed by atoms with Gasteiger partial charge in [0.05, 0.1) is 0 Å². The SMILES string of the molecule is CN1C2CCCC1CC(NC(=O)NC1(C(=O)O)CCC1)C2. The molecule has 2 bridgehead atoms. The van der Waals surface area contributed by atoms with Crippen LogP contribution in [0.2, 0.25) is 0 Å². The molecule has 0 aromatic carbocycles. The number of carboxylic acid groups (broad SMARTS) is 1. The molecule has 1 saturated carbocycles. The van der Waals surface area contributed by atoms with Crippen LogP contribution in [0.25, 0.3) is 0 Å². The van der Waals surface area contributed by atoms with Crippen LogP contribution in [0.5, 0.6) is 0 Å². The summed E-state index contributed by atoms with van der Waals surface area (Å²) in [5, 5.41) is 15.0. The van der Waals surface area contributed by atoms with E-state index in [0.29, 0.717) is 24.9 Å². The van der Waals surface area contributed by atoms with Gasteiger partial charge in [0.15, 0.2) is 0 Å². The quantitative estimate of drug-likeness (QED) is 0.733. The van der Waals surface area contributed by atoms with Gasteiger partial charge in [0.25, 0.3) is 0 Å². The molecule has 3 fully saturated rings. The topological polar surface area (TPSA) is 81.7 Å². The number of amides is 2. The van der Waals surface area contributed by atoms with Gasteiger partial charge in [-0.1, -0.05) is 6.42 Å². The Morgan fingerprint density at radius 1 is 1.14 bits per heavy atom. The zero-order valence-corrected chi connectivity index (χ0v) is 12.6. The number of hydrogen-bond acceptors (Lipinski definition) is 3. The second kappa shape index (κ2) is 5.48. The Labute approximate surface area is 125 Å². The number of nitrogens with one attached hydrogen (secondary N) is 2. The standard InChI is InChI=1S/C15H25N3O3/c1-18-11-4-2-5-12(18)9-10(8-11)16-14(21)17-15(13(19)20)6-3-7-15/h10-12H,2-9H2,1H3,(H,19,20)(H2,16,17,21). The van der Waals surface area contributed by atoms with Gasteiger partial charge in [-0.2, -0.15) is 0 Å². The number of carbonyl (C=O) groups excluding carboxylic acids is 1. The third kappa shape index (κ3) is 2.73. The molecule has 3 rings (SSSR count). The van der Waals surface area contributed by atoms with E-state index in [4.69, 9.17) is 0 Å². The molecular weight excluding hydrogens is 270 g/mol. The zero-order valence-electron chi connectivity index (χ0n) is 12.6. The molecular formula is C15H25N3O3. The highest BCUT2D eigenvalue weighted by molar-refractivity contribution is 5.87. The number of rotatable bonds is 3. The van der Waals surface area contributed by atoms with E-state index >= 15 is 0 Å². The first-order valence-electron chi connectivity index (χ1n) is 8.04. The van der Waals surface area contributed by atoms with Gasteiger partial charge in [0.2, 0.25) is 0 Å². The lowest BCUT2D eigenvalue weighted by Crippen LogP contribution is -2.63. The van der Waals surface area contributed by atoms with E-state index < -0.39 is 11.5 Å².